The van der Waals surface area contributed by atoms with Crippen LogP contribution in [-0.4, -0.2) is 45.3 Å². The van der Waals surface area contributed by atoms with Gasteiger partial charge in [0, 0.05) is 25.2 Å². The zero-order valence-corrected chi connectivity index (χ0v) is 14.5. The Morgan fingerprint density at radius 1 is 1.04 bits per heavy atom. The van der Waals surface area contributed by atoms with E-state index in [4.69, 9.17) is 14.2 Å². The summed E-state index contributed by atoms with van der Waals surface area (Å²) in [5.74, 6) is 2.58. The second-order valence-electron chi connectivity index (χ2n) is 6.20. The summed E-state index contributed by atoms with van der Waals surface area (Å²) in [6.45, 7) is 5.91. The van der Waals surface area contributed by atoms with Crippen LogP contribution in [0.4, 0.5) is 10.5 Å². The van der Waals surface area contributed by atoms with Gasteiger partial charge in [0.05, 0.1) is 27.0 Å². The van der Waals surface area contributed by atoms with E-state index in [-0.39, 0.29) is 6.03 Å². The summed E-state index contributed by atoms with van der Waals surface area (Å²) >= 11 is 0. The van der Waals surface area contributed by atoms with E-state index in [2.05, 4.69) is 19.2 Å². The SMILES string of the molecule is COc1cc(NC(=O)N2CC(C)CC(C)C2)cc(OC)c1OC. The summed E-state index contributed by atoms with van der Waals surface area (Å²) in [5.41, 5.74) is 0.621. The molecule has 1 aromatic carbocycles. The summed E-state index contributed by atoms with van der Waals surface area (Å²) in [5, 5.41) is 2.92. The van der Waals surface area contributed by atoms with Crippen LogP contribution in [0.2, 0.25) is 0 Å². The number of nitrogens with one attached hydrogen (secondary N) is 1. The molecule has 0 radical (unpaired) electrons. The maximum Gasteiger partial charge on any atom is 0.321 e. The van der Waals surface area contributed by atoms with Gasteiger partial charge in [-0.15, -0.1) is 0 Å². The van der Waals surface area contributed by atoms with Crippen molar-refractivity contribution in [2.45, 2.75) is 20.3 Å². The van der Waals surface area contributed by atoms with Gasteiger partial charge in [0.15, 0.2) is 11.5 Å². The van der Waals surface area contributed by atoms with E-state index in [0.29, 0.717) is 34.8 Å². The molecule has 0 spiro atoms. The zero-order chi connectivity index (χ0) is 17.0. The fourth-order valence-electron chi connectivity index (χ4n) is 3.18. The fraction of sp³-hybridized carbons (Fsp3) is 0.588. The van der Waals surface area contributed by atoms with Gasteiger partial charge in [-0.3, -0.25) is 0 Å². The van der Waals surface area contributed by atoms with Crippen molar-refractivity contribution in [2.24, 2.45) is 11.8 Å². The number of anilines is 1. The zero-order valence-electron chi connectivity index (χ0n) is 14.5. The van der Waals surface area contributed by atoms with E-state index in [1.807, 2.05) is 4.90 Å². The normalized spacial score (nSPS) is 20.8. The molecule has 0 bridgehead atoms. The van der Waals surface area contributed by atoms with E-state index >= 15 is 0 Å². The van der Waals surface area contributed by atoms with E-state index in [0.717, 1.165) is 19.5 Å². The number of rotatable bonds is 4. The lowest BCUT2D eigenvalue weighted by atomic mass is 9.92. The lowest BCUT2D eigenvalue weighted by molar-refractivity contribution is 0.156. The summed E-state index contributed by atoms with van der Waals surface area (Å²) in [4.78, 5) is 14.4. The first kappa shape index (κ1) is 17.2. The Kier molecular flexibility index (Phi) is 5.58. The van der Waals surface area contributed by atoms with Gasteiger partial charge in [0.2, 0.25) is 5.75 Å². The molecular formula is C17H26N2O4. The van der Waals surface area contributed by atoms with Gasteiger partial charge in [-0.25, -0.2) is 4.79 Å². The van der Waals surface area contributed by atoms with Crippen molar-refractivity contribution in [3.63, 3.8) is 0 Å². The van der Waals surface area contributed by atoms with Crippen LogP contribution in [-0.2, 0) is 0 Å². The Bertz CT molecular complexity index is 527. The lowest BCUT2D eigenvalue weighted by Crippen LogP contribution is -2.44. The van der Waals surface area contributed by atoms with Gasteiger partial charge in [-0.2, -0.15) is 0 Å². The van der Waals surface area contributed by atoms with E-state index in [1.165, 1.54) is 0 Å². The molecule has 1 heterocycles. The van der Waals surface area contributed by atoms with Crippen molar-refractivity contribution in [3.05, 3.63) is 12.1 Å². The molecule has 1 aliphatic heterocycles. The summed E-state index contributed by atoms with van der Waals surface area (Å²) in [7, 11) is 4.66. The van der Waals surface area contributed by atoms with Crippen LogP contribution in [0, 0.1) is 11.8 Å². The highest BCUT2D eigenvalue weighted by Crippen LogP contribution is 2.40. The van der Waals surface area contributed by atoms with Gasteiger partial charge in [0.25, 0.3) is 0 Å². The molecular weight excluding hydrogens is 296 g/mol. The first-order chi connectivity index (χ1) is 11.0. The Labute approximate surface area is 137 Å². The van der Waals surface area contributed by atoms with Crippen LogP contribution in [0.3, 0.4) is 0 Å². The van der Waals surface area contributed by atoms with Gasteiger partial charge in [-0.1, -0.05) is 13.8 Å². The number of methoxy groups -OCH3 is 3. The van der Waals surface area contributed by atoms with E-state index < -0.39 is 0 Å². The number of ether oxygens (including phenoxy) is 3. The smallest absolute Gasteiger partial charge is 0.321 e. The van der Waals surface area contributed by atoms with Crippen molar-refractivity contribution in [3.8, 4) is 17.2 Å². The van der Waals surface area contributed by atoms with Gasteiger partial charge in [-0.05, 0) is 18.3 Å². The highest BCUT2D eigenvalue weighted by molar-refractivity contribution is 5.90. The maximum atomic E-state index is 12.5. The molecule has 1 aliphatic rings. The standard InChI is InChI=1S/C17H26N2O4/c1-11-6-12(2)10-19(9-11)17(20)18-13-7-14(21-3)16(23-5)15(8-13)22-4/h7-8,11-12H,6,9-10H2,1-5H3,(H,18,20). The average molecular weight is 322 g/mol. The maximum absolute atomic E-state index is 12.5. The number of piperidine rings is 1. The Balaban J connectivity index is 2.17. The predicted molar refractivity (Wildman–Crippen MR) is 89.6 cm³/mol. The minimum atomic E-state index is -0.0994. The molecule has 23 heavy (non-hydrogen) atoms. The van der Waals surface area contributed by atoms with Crippen LogP contribution in [0.5, 0.6) is 17.2 Å². The molecule has 0 aromatic heterocycles. The first-order valence-corrected chi connectivity index (χ1v) is 7.84. The third-order valence-electron chi connectivity index (χ3n) is 4.07. The number of urea groups is 1. The molecule has 1 N–H and O–H groups in total. The second kappa shape index (κ2) is 7.44. The Morgan fingerprint density at radius 3 is 2.00 bits per heavy atom. The van der Waals surface area contributed by atoms with Crippen LogP contribution >= 0.6 is 0 Å². The average Bonchev–Trinajstić information content (AvgIpc) is 2.52. The molecule has 2 unspecified atom stereocenters. The molecule has 6 heteroatoms. The number of carbonyl (C=O) groups excluding carboxylic acids is 1. The van der Waals surface area contributed by atoms with Gasteiger partial charge in [0.1, 0.15) is 0 Å². The molecule has 1 saturated heterocycles. The second-order valence-corrected chi connectivity index (χ2v) is 6.20. The summed E-state index contributed by atoms with van der Waals surface area (Å²) < 4.78 is 15.9. The summed E-state index contributed by atoms with van der Waals surface area (Å²) in [6, 6.07) is 3.37. The van der Waals surface area contributed by atoms with Crippen LogP contribution in [0.25, 0.3) is 0 Å². The number of benzene rings is 1. The fourth-order valence-corrected chi connectivity index (χ4v) is 3.18. The number of carbonyl (C=O) groups is 1. The van der Waals surface area contributed by atoms with Crippen LogP contribution < -0.4 is 19.5 Å². The van der Waals surface area contributed by atoms with E-state index in [1.54, 1.807) is 33.5 Å². The molecule has 1 fully saturated rings. The van der Waals surface area contributed by atoms with Crippen molar-refractivity contribution in [2.75, 3.05) is 39.7 Å². The highest BCUT2D eigenvalue weighted by atomic mass is 16.5. The number of hydrogen-bond donors (Lipinski definition) is 1. The number of nitrogens with zero attached hydrogens (tertiary/aromatic N) is 1. The molecule has 128 valence electrons. The summed E-state index contributed by atoms with van der Waals surface area (Å²) in [6.07, 6.45) is 1.16. The number of hydrogen-bond acceptors (Lipinski definition) is 4. The highest BCUT2D eigenvalue weighted by Gasteiger charge is 2.26. The van der Waals surface area contributed by atoms with Crippen molar-refractivity contribution in [1.82, 2.24) is 4.90 Å². The third kappa shape index (κ3) is 4.00. The van der Waals surface area contributed by atoms with Crippen molar-refractivity contribution < 1.29 is 19.0 Å². The lowest BCUT2D eigenvalue weighted by Gasteiger charge is -2.35. The van der Waals surface area contributed by atoms with Gasteiger partial charge < -0.3 is 24.4 Å². The number of likely N-dealkylation sites (tertiary alicyclic amines) is 1. The first-order valence-electron chi connectivity index (χ1n) is 7.84. The van der Waals surface area contributed by atoms with Gasteiger partial charge >= 0.3 is 6.03 Å². The largest absolute Gasteiger partial charge is 0.493 e. The number of amides is 2. The predicted octanol–water partition coefficient (Wildman–Crippen LogP) is 3.22. The van der Waals surface area contributed by atoms with Crippen molar-refractivity contribution in [1.29, 1.82) is 0 Å². The Hall–Kier alpha value is -2.11. The molecule has 1 aromatic rings. The van der Waals surface area contributed by atoms with E-state index in [9.17, 15) is 4.79 Å². The molecule has 6 nitrogen and oxygen atoms in total. The topological polar surface area (TPSA) is 60.0 Å². The quantitative estimate of drug-likeness (QED) is 0.924. The van der Waals surface area contributed by atoms with Crippen LogP contribution in [0.15, 0.2) is 12.1 Å². The minimum absolute atomic E-state index is 0.0994. The monoisotopic (exact) mass is 322 g/mol. The molecule has 2 atom stereocenters. The molecule has 2 rings (SSSR count). The molecule has 0 aliphatic carbocycles. The minimum Gasteiger partial charge on any atom is -0.493 e. The van der Waals surface area contributed by atoms with Crippen molar-refractivity contribution >= 4 is 11.7 Å². The molecule has 0 saturated carbocycles. The molecule has 2 amide bonds. The Morgan fingerprint density at radius 2 is 1.57 bits per heavy atom. The van der Waals surface area contributed by atoms with Crippen LogP contribution in [0.1, 0.15) is 20.3 Å². The third-order valence-corrected chi connectivity index (χ3v) is 4.07.